The summed E-state index contributed by atoms with van der Waals surface area (Å²) in [5, 5.41) is 6.25. The van der Waals surface area contributed by atoms with Crippen LogP contribution in [0.5, 0.6) is 0 Å². The summed E-state index contributed by atoms with van der Waals surface area (Å²) in [6.45, 7) is 23.0. The Bertz CT molecular complexity index is 2250. The van der Waals surface area contributed by atoms with E-state index in [4.69, 9.17) is 11.8 Å². The van der Waals surface area contributed by atoms with E-state index in [1.54, 1.807) is 0 Å². The second-order valence-corrected chi connectivity index (χ2v) is 15.7. The maximum absolute atomic E-state index is 6.25. The molecular weight excluding hydrogens is 842 g/mol. The first-order chi connectivity index (χ1) is 25.5. The van der Waals surface area contributed by atoms with Gasteiger partial charge in [0, 0.05) is 39.6 Å². The number of hydrogen-bond acceptors (Lipinski definition) is 5. The molecule has 0 radical (unpaired) electrons. The van der Waals surface area contributed by atoms with Crippen LogP contribution in [0, 0.1) is 31.2 Å². The number of nitrogens with zero attached hydrogens (tertiary/aromatic N) is 5. The van der Waals surface area contributed by atoms with Gasteiger partial charge in [-0.25, -0.2) is 0 Å². The van der Waals surface area contributed by atoms with Gasteiger partial charge in [0.2, 0.25) is 0 Å². The van der Waals surface area contributed by atoms with E-state index in [-0.39, 0.29) is 31.9 Å². The van der Waals surface area contributed by atoms with Crippen molar-refractivity contribution < 1.29 is 21.1 Å². The first-order valence-electron chi connectivity index (χ1n) is 18.1. The molecule has 0 atom stereocenters. The van der Waals surface area contributed by atoms with Crippen LogP contribution >= 0.6 is 0 Å². The molecule has 8 rings (SSSR count). The molecule has 6 aromatic carbocycles. The van der Waals surface area contributed by atoms with Gasteiger partial charge in [0.15, 0.2) is 0 Å². The standard InChI is InChI=1S/C47H45N4.CN.Pt/c1-46(2,3)35-27-34(28-36(29-35)47(4,5)6)40-22-16-21-39(33-17-9-8-10-18-33)45(40)51-32-50(43-25-13-14-26-44(43)51)38-20-15-19-37(30-38)49-31-48(7)41-23-11-12-24-42(41)49;1-2;/h8-29,31-32H,1-7H3;;/q-3;-1;+4. The van der Waals surface area contributed by atoms with Gasteiger partial charge in [0.05, 0.1) is 0 Å². The van der Waals surface area contributed by atoms with Crippen LogP contribution in [0.15, 0.2) is 133 Å². The van der Waals surface area contributed by atoms with Gasteiger partial charge in [-0.3, -0.25) is 0 Å². The third-order valence-electron chi connectivity index (χ3n) is 10.1. The Hall–Kier alpha value is -5.30. The summed E-state index contributed by atoms with van der Waals surface area (Å²) in [5.41, 5.74) is 15.2. The number of rotatable bonds is 5. The van der Waals surface area contributed by atoms with Gasteiger partial charge in [-0.2, -0.15) is 12.7 Å². The molecule has 54 heavy (non-hydrogen) atoms. The normalized spacial score (nSPS) is 13.5. The van der Waals surface area contributed by atoms with Crippen LogP contribution in [-0.2, 0) is 31.9 Å². The number of anilines is 7. The largest absolute Gasteiger partial charge is 4.00 e. The van der Waals surface area contributed by atoms with Crippen molar-refractivity contribution in [3.05, 3.63) is 171 Å². The van der Waals surface area contributed by atoms with Crippen molar-refractivity contribution in [1.29, 1.82) is 5.26 Å². The fraction of sp³-hybridized carbons (Fsp3) is 0.188. The van der Waals surface area contributed by atoms with Gasteiger partial charge in [0.1, 0.15) is 0 Å². The zero-order valence-electron chi connectivity index (χ0n) is 31.9. The average molecular weight is 887 g/mol. The van der Waals surface area contributed by atoms with Gasteiger partial charge in [-0.15, -0.1) is 36.2 Å². The van der Waals surface area contributed by atoms with Crippen molar-refractivity contribution in [2.45, 2.75) is 52.4 Å². The van der Waals surface area contributed by atoms with Gasteiger partial charge in [-0.05, 0) is 64.4 Å². The molecule has 272 valence electrons. The fourth-order valence-electron chi connectivity index (χ4n) is 7.20. The molecule has 0 bridgehead atoms. The molecule has 2 heterocycles. The molecule has 2 aliphatic rings. The summed E-state index contributed by atoms with van der Waals surface area (Å²) in [6.07, 6.45) is 0. The smallest absolute Gasteiger partial charge is 0.512 e. The summed E-state index contributed by atoms with van der Waals surface area (Å²) in [4.78, 5) is 9.05. The molecule has 2 aliphatic heterocycles. The quantitative estimate of drug-likeness (QED) is 0.161. The van der Waals surface area contributed by atoms with Crippen LogP contribution < -0.4 is 19.6 Å². The van der Waals surface area contributed by atoms with Crippen molar-refractivity contribution in [2.24, 2.45) is 0 Å². The van der Waals surface area contributed by atoms with Gasteiger partial charge in [0.25, 0.3) is 0 Å². The SMILES string of the molecule is CN1[CH-]N(c2[c-]c(N3[CH-]N(c4c(-c5ccccc5)cccc4-c4cc(C(C)(C)C)cc(C(C)(C)C)c4)c4ccccc43)ccc2)c2ccccc21.[C-]#N.[Pt+4]. The third-order valence-corrected chi connectivity index (χ3v) is 10.1. The molecule has 6 aromatic rings. The Labute approximate surface area is 336 Å². The Morgan fingerprint density at radius 1 is 0.500 bits per heavy atom. The Balaban J connectivity index is 0.00000163. The monoisotopic (exact) mass is 886 g/mol. The van der Waals surface area contributed by atoms with Crippen molar-refractivity contribution in [3.63, 3.8) is 0 Å². The van der Waals surface area contributed by atoms with Crippen molar-refractivity contribution in [2.75, 3.05) is 26.6 Å². The Kier molecular flexibility index (Phi) is 10.8. The predicted molar refractivity (Wildman–Crippen MR) is 221 cm³/mol. The van der Waals surface area contributed by atoms with E-state index in [9.17, 15) is 0 Å². The molecule has 0 fully saturated rings. The minimum absolute atomic E-state index is 0. The molecule has 0 spiro atoms. The van der Waals surface area contributed by atoms with Gasteiger partial charge < -0.3 is 31.4 Å². The number of para-hydroxylation sites is 5. The van der Waals surface area contributed by atoms with E-state index in [2.05, 4.69) is 221 Å². The van der Waals surface area contributed by atoms with Crippen molar-refractivity contribution in [1.82, 2.24) is 0 Å². The summed E-state index contributed by atoms with van der Waals surface area (Å²) >= 11 is 0. The molecule has 6 heteroatoms. The molecule has 5 nitrogen and oxygen atoms in total. The van der Waals surface area contributed by atoms with Gasteiger partial charge >= 0.3 is 21.1 Å². The first-order valence-corrected chi connectivity index (χ1v) is 18.1. The van der Waals surface area contributed by atoms with E-state index >= 15 is 0 Å². The molecular formula is C48H45N5Pt. The van der Waals surface area contributed by atoms with Crippen LogP contribution in [0.2, 0.25) is 0 Å². The zero-order valence-corrected chi connectivity index (χ0v) is 34.2. The van der Waals surface area contributed by atoms with Gasteiger partial charge in [-0.1, -0.05) is 133 Å². The van der Waals surface area contributed by atoms with Crippen LogP contribution in [-0.4, -0.2) is 7.05 Å². The summed E-state index contributed by atoms with van der Waals surface area (Å²) in [6, 6.07) is 52.1. The number of fused-ring (bicyclic) bond motifs is 2. The van der Waals surface area contributed by atoms with Crippen molar-refractivity contribution >= 4 is 39.8 Å². The molecule has 0 unspecified atom stereocenters. The summed E-state index contributed by atoms with van der Waals surface area (Å²) in [7, 11) is 2.09. The maximum Gasteiger partial charge on any atom is 4.00 e. The average Bonchev–Trinajstić information content (AvgIpc) is 3.73. The minimum atomic E-state index is -0.000671. The van der Waals surface area contributed by atoms with Crippen molar-refractivity contribution in [3.8, 4) is 22.3 Å². The molecule has 0 saturated heterocycles. The molecule has 0 saturated carbocycles. The van der Waals surface area contributed by atoms with E-state index in [0.717, 1.165) is 34.1 Å². The van der Waals surface area contributed by atoms with Crippen LogP contribution in [0.25, 0.3) is 22.3 Å². The summed E-state index contributed by atoms with van der Waals surface area (Å²) in [5.74, 6) is 0. The molecule has 0 amide bonds. The van der Waals surface area contributed by atoms with Crippen LogP contribution in [0.4, 0.5) is 39.8 Å². The second-order valence-electron chi connectivity index (χ2n) is 15.7. The maximum atomic E-state index is 6.25. The van der Waals surface area contributed by atoms with E-state index < -0.39 is 0 Å². The molecule has 0 aromatic heterocycles. The number of benzene rings is 6. The second kappa shape index (κ2) is 15.2. The first kappa shape index (κ1) is 38.4. The third kappa shape index (κ3) is 7.16. The topological polar surface area (TPSA) is 36.8 Å². The zero-order chi connectivity index (χ0) is 37.5. The Morgan fingerprint density at radius 2 is 0.944 bits per heavy atom. The Morgan fingerprint density at radius 3 is 1.50 bits per heavy atom. The van der Waals surface area contributed by atoms with Crippen LogP contribution in [0.1, 0.15) is 52.7 Å². The number of hydrogen-bond donors (Lipinski definition) is 0. The molecule has 0 N–H and O–H groups in total. The van der Waals surface area contributed by atoms with Crippen LogP contribution in [0.3, 0.4) is 0 Å². The summed E-state index contributed by atoms with van der Waals surface area (Å²) < 4.78 is 0. The van der Waals surface area contributed by atoms with E-state index in [0.29, 0.717) is 0 Å². The predicted octanol–water partition coefficient (Wildman–Crippen LogP) is 12.6. The van der Waals surface area contributed by atoms with E-state index in [1.807, 2.05) is 0 Å². The van der Waals surface area contributed by atoms with E-state index in [1.165, 1.54) is 39.1 Å². The molecule has 0 aliphatic carbocycles. The fourth-order valence-corrected chi connectivity index (χ4v) is 7.20. The minimum Gasteiger partial charge on any atom is -0.512 e.